The zero-order valence-corrected chi connectivity index (χ0v) is 17.6. The molecule has 0 bridgehead atoms. The van der Waals surface area contributed by atoms with Crippen molar-refractivity contribution in [1.29, 1.82) is 0 Å². The first-order valence-corrected chi connectivity index (χ1v) is 11.1. The molecular formula is C24H29FN2OS. The Balaban J connectivity index is 1.32. The number of halogens is 1. The molecule has 2 aliphatic carbocycles. The molecule has 0 atom stereocenters. The molecule has 0 aliphatic heterocycles. The van der Waals surface area contributed by atoms with Crippen LogP contribution in [0.4, 0.5) is 10.1 Å². The van der Waals surface area contributed by atoms with Crippen LogP contribution in [0.5, 0.6) is 5.75 Å². The van der Waals surface area contributed by atoms with Gasteiger partial charge >= 0.3 is 0 Å². The Hall–Kier alpha value is -2.14. The normalized spacial score (nSPS) is 18.5. The second kappa shape index (κ2) is 9.12. The lowest BCUT2D eigenvalue weighted by Crippen LogP contribution is -2.40. The summed E-state index contributed by atoms with van der Waals surface area (Å²) in [6, 6.07) is 15.0. The SMILES string of the molecule is Fc1ccc(C2(CNC(=S)Nc3ccc(OC4CCCC4)cc3)CCCC2)cc1. The molecule has 2 aliphatic rings. The van der Waals surface area contributed by atoms with Crippen LogP contribution in [0.1, 0.15) is 56.9 Å². The summed E-state index contributed by atoms with van der Waals surface area (Å²) in [7, 11) is 0. The molecule has 0 radical (unpaired) electrons. The van der Waals surface area contributed by atoms with Crippen LogP contribution in [-0.4, -0.2) is 17.8 Å². The molecule has 4 rings (SSSR count). The van der Waals surface area contributed by atoms with E-state index < -0.39 is 0 Å². The molecule has 0 heterocycles. The lowest BCUT2D eigenvalue weighted by molar-refractivity contribution is 0.210. The highest BCUT2D eigenvalue weighted by Gasteiger charge is 2.35. The Morgan fingerprint density at radius 1 is 0.966 bits per heavy atom. The van der Waals surface area contributed by atoms with Gasteiger partial charge in [0.1, 0.15) is 11.6 Å². The van der Waals surface area contributed by atoms with Crippen molar-refractivity contribution >= 4 is 23.0 Å². The van der Waals surface area contributed by atoms with E-state index >= 15 is 0 Å². The number of hydrogen-bond donors (Lipinski definition) is 2. The van der Waals surface area contributed by atoms with Crippen molar-refractivity contribution < 1.29 is 9.13 Å². The molecule has 2 aromatic carbocycles. The minimum absolute atomic E-state index is 0.0262. The van der Waals surface area contributed by atoms with Gasteiger partial charge in [0, 0.05) is 17.6 Å². The monoisotopic (exact) mass is 412 g/mol. The average molecular weight is 413 g/mol. The van der Waals surface area contributed by atoms with Gasteiger partial charge in [-0.1, -0.05) is 25.0 Å². The molecule has 0 amide bonds. The van der Waals surface area contributed by atoms with E-state index in [1.54, 1.807) is 12.1 Å². The van der Waals surface area contributed by atoms with E-state index in [1.165, 1.54) is 31.2 Å². The van der Waals surface area contributed by atoms with Gasteiger partial charge in [-0.15, -0.1) is 0 Å². The zero-order valence-electron chi connectivity index (χ0n) is 16.8. The molecule has 0 unspecified atom stereocenters. The van der Waals surface area contributed by atoms with Crippen LogP contribution in [0.25, 0.3) is 0 Å². The summed E-state index contributed by atoms with van der Waals surface area (Å²) in [5.41, 5.74) is 2.17. The molecule has 2 N–H and O–H groups in total. The summed E-state index contributed by atoms with van der Waals surface area (Å²) in [4.78, 5) is 0. The number of anilines is 1. The van der Waals surface area contributed by atoms with Crippen LogP contribution in [-0.2, 0) is 5.41 Å². The molecule has 2 fully saturated rings. The molecule has 29 heavy (non-hydrogen) atoms. The molecular weight excluding hydrogens is 383 g/mol. The largest absolute Gasteiger partial charge is 0.490 e. The van der Waals surface area contributed by atoms with Crippen molar-refractivity contribution in [2.45, 2.75) is 62.9 Å². The van der Waals surface area contributed by atoms with E-state index in [2.05, 4.69) is 10.6 Å². The predicted molar refractivity (Wildman–Crippen MR) is 120 cm³/mol. The minimum Gasteiger partial charge on any atom is -0.490 e. The zero-order chi connectivity index (χ0) is 20.1. The van der Waals surface area contributed by atoms with Crippen molar-refractivity contribution in [3.63, 3.8) is 0 Å². The highest BCUT2D eigenvalue weighted by Crippen LogP contribution is 2.40. The first-order chi connectivity index (χ1) is 14.1. The molecule has 0 saturated heterocycles. The summed E-state index contributed by atoms with van der Waals surface area (Å²) in [6.45, 7) is 0.757. The van der Waals surface area contributed by atoms with Gasteiger partial charge in [0.15, 0.2) is 5.11 Å². The van der Waals surface area contributed by atoms with Gasteiger partial charge in [-0.05, 0) is 92.7 Å². The van der Waals surface area contributed by atoms with Crippen LogP contribution in [0, 0.1) is 5.82 Å². The third kappa shape index (κ3) is 5.08. The molecule has 2 aromatic rings. The number of hydrogen-bond acceptors (Lipinski definition) is 2. The Kier molecular flexibility index (Phi) is 6.34. The number of nitrogens with one attached hydrogen (secondary N) is 2. The van der Waals surface area contributed by atoms with Crippen molar-refractivity contribution in [2.75, 3.05) is 11.9 Å². The standard InChI is InChI=1S/C24H29FN2OS/c25-19-9-7-18(8-10-19)24(15-3-4-16-24)17-26-23(29)27-20-11-13-22(14-12-20)28-21-5-1-2-6-21/h7-14,21H,1-6,15-17H2,(H2,26,27,29). The smallest absolute Gasteiger partial charge is 0.170 e. The second-order valence-corrected chi connectivity index (χ2v) is 8.76. The van der Waals surface area contributed by atoms with Gasteiger partial charge in [0.2, 0.25) is 0 Å². The number of thiocarbonyl (C=S) groups is 1. The third-order valence-corrected chi connectivity index (χ3v) is 6.57. The van der Waals surface area contributed by atoms with Crippen molar-refractivity contribution in [3.05, 3.63) is 59.9 Å². The molecule has 3 nitrogen and oxygen atoms in total. The molecule has 154 valence electrons. The fraction of sp³-hybridized carbons (Fsp3) is 0.458. The number of ether oxygens (including phenoxy) is 1. The van der Waals surface area contributed by atoms with Crippen LogP contribution >= 0.6 is 12.2 Å². The van der Waals surface area contributed by atoms with E-state index in [0.717, 1.165) is 43.7 Å². The summed E-state index contributed by atoms with van der Waals surface area (Å²) in [5.74, 6) is 0.731. The maximum absolute atomic E-state index is 13.3. The maximum Gasteiger partial charge on any atom is 0.170 e. The van der Waals surface area contributed by atoms with Gasteiger partial charge in [-0.25, -0.2) is 4.39 Å². The fourth-order valence-electron chi connectivity index (χ4n) is 4.66. The molecule has 0 aromatic heterocycles. The molecule has 2 saturated carbocycles. The van der Waals surface area contributed by atoms with Crippen molar-refractivity contribution in [2.24, 2.45) is 0 Å². The van der Waals surface area contributed by atoms with Crippen molar-refractivity contribution in [1.82, 2.24) is 5.32 Å². The van der Waals surface area contributed by atoms with Crippen molar-refractivity contribution in [3.8, 4) is 5.75 Å². The number of benzene rings is 2. The van der Waals surface area contributed by atoms with Crippen LogP contribution in [0.3, 0.4) is 0 Å². The highest BCUT2D eigenvalue weighted by molar-refractivity contribution is 7.80. The van der Waals surface area contributed by atoms with E-state index in [4.69, 9.17) is 17.0 Å². The summed E-state index contributed by atoms with van der Waals surface area (Å²) >= 11 is 5.53. The summed E-state index contributed by atoms with van der Waals surface area (Å²) in [6.07, 6.45) is 9.80. The first kappa shape index (κ1) is 20.1. The predicted octanol–water partition coefficient (Wildman–Crippen LogP) is 5.95. The van der Waals surface area contributed by atoms with Crippen LogP contribution < -0.4 is 15.4 Å². The van der Waals surface area contributed by atoms with E-state index in [-0.39, 0.29) is 11.2 Å². The lowest BCUT2D eigenvalue weighted by Gasteiger charge is -2.30. The Bertz CT molecular complexity index is 810. The minimum atomic E-state index is -0.188. The Morgan fingerprint density at radius 2 is 1.62 bits per heavy atom. The van der Waals surface area contributed by atoms with Gasteiger partial charge in [0.25, 0.3) is 0 Å². The van der Waals surface area contributed by atoms with E-state index in [1.807, 2.05) is 36.4 Å². The highest BCUT2D eigenvalue weighted by atomic mass is 32.1. The summed E-state index contributed by atoms with van der Waals surface area (Å²) < 4.78 is 19.4. The van der Waals surface area contributed by atoms with E-state index in [9.17, 15) is 4.39 Å². The first-order valence-electron chi connectivity index (χ1n) is 10.7. The van der Waals surface area contributed by atoms with Crippen LogP contribution in [0.15, 0.2) is 48.5 Å². The maximum atomic E-state index is 13.3. The fourth-order valence-corrected chi connectivity index (χ4v) is 4.85. The average Bonchev–Trinajstić information content (AvgIpc) is 3.41. The topological polar surface area (TPSA) is 33.3 Å². The quantitative estimate of drug-likeness (QED) is 0.575. The third-order valence-electron chi connectivity index (χ3n) is 6.32. The summed E-state index contributed by atoms with van der Waals surface area (Å²) in [5, 5.41) is 7.28. The number of rotatable bonds is 6. The van der Waals surface area contributed by atoms with Gasteiger partial charge in [-0.3, -0.25) is 0 Å². The molecule has 0 spiro atoms. The van der Waals surface area contributed by atoms with Gasteiger partial charge in [0.05, 0.1) is 6.10 Å². The lowest BCUT2D eigenvalue weighted by atomic mass is 9.79. The van der Waals surface area contributed by atoms with Gasteiger partial charge < -0.3 is 15.4 Å². The Labute approximate surface area is 178 Å². The van der Waals surface area contributed by atoms with Gasteiger partial charge in [-0.2, -0.15) is 0 Å². The molecule has 5 heteroatoms. The van der Waals surface area contributed by atoms with E-state index in [0.29, 0.717) is 11.2 Å². The van der Waals surface area contributed by atoms with Crippen LogP contribution in [0.2, 0.25) is 0 Å². The Morgan fingerprint density at radius 3 is 2.28 bits per heavy atom. The second-order valence-electron chi connectivity index (χ2n) is 8.35.